The first-order valence-electron chi connectivity index (χ1n) is 6.71. The van der Waals surface area contributed by atoms with Crippen LogP contribution in [-0.4, -0.2) is 31.4 Å². The van der Waals surface area contributed by atoms with Crippen LogP contribution in [0.5, 0.6) is 5.75 Å². The third kappa shape index (κ3) is 3.66. The molecular formula is C15H17BrN2O3S. The summed E-state index contributed by atoms with van der Waals surface area (Å²) >= 11 is 3.31. The van der Waals surface area contributed by atoms with Gasteiger partial charge in [-0.25, -0.2) is 8.42 Å². The van der Waals surface area contributed by atoms with E-state index in [0.717, 1.165) is 5.56 Å². The first-order chi connectivity index (χ1) is 10.5. The van der Waals surface area contributed by atoms with Crippen molar-refractivity contribution in [3.63, 3.8) is 0 Å². The Kier molecular flexibility index (Phi) is 5.55. The topological polar surface area (TPSA) is 59.5 Å². The highest BCUT2D eigenvalue weighted by atomic mass is 79.9. The second-order valence-corrected chi connectivity index (χ2v) is 7.40. The molecule has 0 atom stereocenters. The first kappa shape index (κ1) is 16.9. The Morgan fingerprint density at radius 3 is 2.50 bits per heavy atom. The minimum atomic E-state index is -3.66. The van der Waals surface area contributed by atoms with E-state index in [4.69, 9.17) is 4.74 Å². The highest BCUT2D eigenvalue weighted by Crippen LogP contribution is 2.30. The lowest BCUT2D eigenvalue weighted by molar-refractivity contribution is 0.391. The van der Waals surface area contributed by atoms with Crippen molar-refractivity contribution in [2.24, 2.45) is 0 Å². The average Bonchev–Trinajstić information content (AvgIpc) is 2.53. The molecule has 0 saturated heterocycles. The number of ether oxygens (including phenoxy) is 1. The molecule has 1 aromatic carbocycles. The highest BCUT2D eigenvalue weighted by molar-refractivity contribution is 9.10. The van der Waals surface area contributed by atoms with Crippen LogP contribution in [0.1, 0.15) is 12.5 Å². The monoisotopic (exact) mass is 384 g/mol. The fraction of sp³-hybridized carbons (Fsp3) is 0.267. The van der Waals surface area contributed by atoms with Gasteiger partial charge in [-0.15, -0.1) is 0 Å². The van der Waals surface area contributed by atoms with Crippen molar-refractivity contribution >= 4 is 26.0 Å². The summed E-state index contributed by atoms with van der Waals surface area (Å²) in [5.41, 5.74) is 0.884. The molecule has 0 bridgehead atoms. The molecule has 7 heteroatoms. The first-order valence-corrected chi connectivity index (χ1v) is 8.95. The molecule has 0 radical (unpaired) electrons. The summed E-state index contributed by atoms with van der Waals surface area (Å²) in [6.07, 6.45) is 3.30. The molecule has 1 heterocycles. The Labute approximate surface area is 139 Å². The molecule has 2 aromatic rings. The van der Waals surface area contributed by atoms with Crippen LogP contribution in [0.3, 0.4) is 0 Å². The van der Waals surface area contributed by atoms with Gasteiger partial charge in [0, 0.05) is 30.0 Å². The van der Waals surface area contributed by atoms with Gasteiger partial charge in [0.2, 0.25) is 10.0 Å². The molecule has 0 aliphatic rings. The van der Waals surface area contributed by atoms with E-state index < -0.39 is 10.0 Å². The summed E-state index contributed by atoms with van der Waals surface area (Å²) in [7, 11) is -2.20. The second kappa shape index (κ2) is 7.21. The van der Waals surface area contributed by atoms with Crippen LogP contribution in [0, 0.1) is 0 Å². The number of hydrogen-bond acceptors (Lipinski definition) is 4. The molecule has 0 aliphatic carbocycles. The quantitative estimate of drug-likeness (QED) is 0.767. The maximum Gasteiger partial charge on any atom is 0.247 e. The smallest absolute Gasteiger partial charge is 0.247 e. The molecule has 0 amide bonds. The summed E-state index contributed by atoms with van der Waals surface area (Å²) in [6.45, 7) is 2.46. The van der Waals surface area contributed by atoms with Crippen molar-refractivity contribution in [2.45, 2.75) is 18.4 Å². The van der Waals surface area contributed by atoms with Crippen LogP contribution >= 0.6 is 15.9 Å². The summed E-state index contributed by atoms with van der Waals surface area (Å²) in [6, 6.07) is 8.55. The van der Waals surface area contributed by atoms with Gasteiger partial charge >= 0.3 is 0 Å². The fourth-order valence-corrected chi connectivity index (χ4v) is 4.18. The van der Waals surface area contributed by atoms with E-state index in [0.29, 0.717) is 16.8 Å². The Morgan fingerprint density at radius 1 is 1.23 bits per heavy atom. The SMILES string of the molecule is CCN(Cc1ccncc1)S(=O)(=O)c1cc(Br)ccc1OC. The van der Waals surface area contributed by atoms with Gasteiger partial charge in [0.25, 0.3) is 0 Å². The van der Waals surface area contributed by atoms with Gasteiger partial charge in [0.1, 0.15) is 10.6 Å². The number of pyridine rings is 1. The Bertz CT molecular complexity index is 736. The Hall–Kier alpha value is -1.44. The zero-order valence-electron chi connectivity index (χ0n) is 12.4. The third-order valence-corrected chi connectivity index (χ3v) is 5.64. The van der Waals surface area contributed by atoms with E-state index in [1.165, 1.54) is 11.4 Å². The number of benzene rings is 1. The third-order valence-electron chi connectivity index (χ3n) is 3.20. The maximum atomic E-state index is 12.9. The molecule has 118 valence electrons. The lowest BCUT2D eigenvalue weighted by Gasteiger charge is -2.22. The average molecular weight is 385 g/mol. The zero-order chi connectivity index (χ0) is 16.2. The minimum Gasteiger partial charge on any atom is -0.495 e. The summed E-state index contributed by atoms with van der Waals surface area (Å²) in [4.78, 5) is 4.10. The van der Waals surface area contributed by atoms with Crippen molar-refractivity contribution in [1.82, 2.24) is 9.29 Å². The number of rotatable bonds is 6. The van der Waals surface area contributed by atoms with E-state index in [9.17, 15) is 8.42 Å². The molecule has 1 aromatic heterocycles. The van der Waals surface area contributed by atoms with Crippen LogP contribution in [0.25, 0.3) is 0 Å². The normalized spacial score (nSPS) is 11.6. The van der Waals surface area contributed by atoms with Gasteiger partial charge in [-0.3, -0.25) is 4.98 Å². The van der Waals surface area contributed by atoms with Crippen LogP contribution in [-0.2, 0) is 16.6 Å². The van der Waals surface area contributed by atoms with Crippen LogP contribution in [0.4, 0.5) is 0 Å². The number of nitrogens with zero attached hydrogens (tertiary/aromatic N) is 2. The predicted octanol–water partition coefficient (Wildman–Crippen LogP) is 3.06. The number of methoxy groups -OCH3 is 1. The van der Waals surface area contributed by atoms with Crippen molar-refractivity contribution in [2.75, 3.05) is 13.7 Å². The zero-order valence-corrected chi connectivity index (χ0v) is 14.8. The lowest BCUT2D eigenvalue weighted by atomic mass is 10.3. The number of halogens is 1. The van der Waals surface area contributed by atoms with Crippen molar-refractivity contribution in [3.8, 4) is 5.75 Å². The molecule has 0 aliphatic heterocycles. The molecule has 0 spiro atoms. The predicted molar refractivity (Wildman–Crippen MR) is 88.2 cm³/mol. The van der Waals surface area contributed by atoms with Crippen LogP contribution in [0.15, 0.2) is 52.1 Å². The van der Waals surface area contributed by atoms with E-state index in [1.54, 1.807) is 42.7 Å². The molecule has 5 nitrogen and oxygen atoms in total. The number of sulfonamides is 1. The molecule has 0 unspecified atom stereocenters. The van der Waals surface area contributed by atoms with Gasteiger partial charge in [-0.2, -0.15) is 4.31 Å². The molecule has 0 N–H and O–H groups in total. The van der Waals surface area contributed by atoms with Crippen LogP contribution in [0.2, 0.25) is 0 Å². The van der Waals surface area contributed by atoms with Crippen molar-refractivity contribution < 1.29 is 13.2 Å². The molecule has 0 fully saturated rings. The summed E-state index contributed by atoms with van der Waals surface area (Å²) in [5, 5.41) is 0. The number of aromatic nitrogens is 1. The molecule has 22 heavy (non-hydrogen) atoms. The second-order valence-electron chi connectivity index (χ2n) is 4.58. The summed E-state index contributed by atoms with van der Waals surface area (Å²) < 4.78 is 33.1. The summed E-state index contributed by atoms with van der Waals surface area (Å²) in [5.74, 6) is 0.330. The standard InChI is InChI=1S/C15H17BrN2O3S/c1-3-18(11-12-6-8-17-9-7-12)22(19,20)15-10-13(16)4-5-14(15)21-2/h4-10H,3,11H2,1-2H3. The van der Waals surface area contributed by atoms with E-state index in [1.807, 2.05) is 6.92 Å². The fourth-order valence-electron chi connectivity index (χ4n) is 2.05. The van der Waals surface area contributed by atoms with E-state index >= 15 is 0 Å². The van der Waals surface area contributed by atoms with Gasteiger partial charge in [-0.05, 0) is 35.9 Å². The largest absolute Gasteiger partial charge is 0.495 e. The molecule has 2 rings (SSSR count). The molecule has 0 saturated carbocycles. The van der Waals surface area contributed by atoms with Gasteiger partial charge in [0.15, 0.2) is 0 Å². The van der Waals surface area contributed by atoms with Crippen molar-refractivity contribution in [1.29, 1.82) is 0 Å². The Balaban J connectivity index is 2.41. The highest BCUT2D eigenvalue weighted by Gasteiger charge is 2.27. The van der Waals surface area contributed by atoms with Gasteiger partial charge < -0.3 is 4.74 Å². The van der Waals surface area contributed by atoms with Gasteiger partial charge in [0.05, 0.1) is 7.11 Å². The minimum absolute atomic E-state index is 0.153. The van der Waals surface area contributed by atoms with E-state index in [2.05, 4.69) is 20.9 Å². The van der Waals surface area contributed by atoms with Gasteiger partial charge in [-0.1, -0.05) is 22.9 Å². The lowest BCUT2D eigenvalue weighted by Crippen LogP contribution is -2.30. The number of hydrogen-bond donors (Lipinski definition) is 0. The molecular weight excluding hydrogens is 368 g/mol. The maximum absolute atomic E-state index is 12.9. The van der Waals surface area contributed by atoms with Crippen LogP contribution < -0.4 is 4.74 Å². The Morgan fingerprint density at radius 2 is 1.91 bits per heavy atom. The van der Waals surface area contributed by atoms with E-state index in [-0.39, 0.29) is 11.4 Å². The van der Waals surface area contributed by atoms with Crippen molar-refractivity contribution in [3.05, 3.63) is 52.8 Å².